The summed E-state index contributed by atoms with van der Waals surface area (Å²) in [7, 11) is 3.36. The Kier molecular flexibility index (Phi) is 7.32. The molecule has 2 aromatic rings. The van der Waals surface area contributed by atoms with Crippen LogP contribution in [0.2, 0.25) is 0 Å². The molecule has 1 aromatic heterocycles. The van der Waals surface area contributed by atoms with Gasteiger partial charge in [0, 0.05) is 55.8 Å². The average Bonchev–Trinajstić information content (AvgIpc) is 3.22. The van der Waals surface area contributed by atoms with E-state index in [4.69, 9.17) is 14.2 Å². The van der Waals surface area contributed by atoms with Crippen LogP contribution >= 0.6 is 11.8 Å². The van der Waals surface area contributed by atoms with E-state index in [0.717, 1.165) is 66.9 Å². The molecule has 1 aliphatic heterocycles. The maximum atomic E-state index is 5.86. The number of rotatable bonds is 9. The van der Waals surface area contributed by atoms with Crippen LogP contribution in [0, 0.1) is 0 Å². The SMILES string of the molecule is COc1ccc(CN(Cc2cnc(SC)nc2)CC2CCCO2)c(OC)c1. The predicted molar refractivity (Wildman–Crippen MR) is 106 cm³/mol. The van der Waals surface area contributed by atoms with E-state index in [2.05, 4.69) is 20.9 Å². The molecular weight excluding hydrogens is 362 g/mol. The summed E-state index contributed by atoms with van der Waals surface area (Å²) in [6, 6.07) is 5.96. The molecular formula is C20H27N3O3S. The lowest BCUT2D eigenvalue weighted by atomic mass is 10.1. The van der Waals surface area contributed by atoms with Crippen molar-refractivity contribution in [2.75, 3.05) is 33.6 Å². The summed E-state index contributed by atoms with van der Waals surface area (Å²) >= 11 is 1.55. The molecule has 0 N–H and O–H groups in total. The van der Waals surface area contributed by atoms with Crippen LogP contribution in [0.4, 0.5) is 0 Å². The molecule has 0 radical (unpaired) electrons. The fourth-order valence-corrected chi connectivity index (χ4v) is 3.59. The van der Waals surface area contributed by atoms with Crippen molar-refractivity contribution in [2.24, 2.45) is 0 Å². The van der Waals surface area contributed by atoms with Crippen molar-refractivity contribution in [3.8, 4) is 11.5 Å². The van der Waals surface area contributed by atoms with Crippen LogP contribution in [0.15, 0.2) is 35.7 Å². The van der Waals surface area contributed by atoms with Crippen LogP contribution in [-0.4, -0.2) is 54.6 Å². The fourth-order valence-electron chi connectivity index (χ4n) is 3.27. The zero-order valence-corrected chi connectivity index (χ0v) is 17.0. The lowest BCUT2D eigenvalue weighted by molar-refractivity contribution is 0.0675. The van der Waals surface area contributed by atoms with Crippen molar-refractivity contribution in [3.63, 3.8) is 0 Å². The van der Waals surface area contributed by atoms with Gasteiger partial charge in [-0.1, -0.05) is 17.8 Å². The standard InChI is InChI=1S/C20H27N3O3S/c1-24-17-7-6-16(19(9-17)25-2)13-23(14-18-5-4-8-26-18)12-15-10-21-20(27-3)22-11-15/h6-7,9-11,18H,4-5,8,12-14H2,1-3H3. The van der Waals surface area contributed by atoms with Gasteiger partial charge in [0.15, 0.2) is 5.16 Å². The topological polar surface area (TPSA) is 56.7 Å². The molecule has 3 rings (SSSR count). The molecule has 1 aromatic carbocycles. The van der Waals surface area contributed by atoms with Crippen LogP contribution in [0.5, 0.6) is 11.5 Å². The molecule has 0 saturated carbocycles. The number of benzene rings is 1. The van der Waals surface area contributed by atoms with E-state index < -0.39 is 0 Å². The molecule has 0 amide bonds. The van der Waals surface area contributed by atoms with E-state index in [9.17, 15) is 0 Å². The van der Waals surface area contributed by atoms with Crippen molar-refractivity contribution in [1.82, 2.24) is 14.9 Å². The summed E-state index contributed by atoms with van der Waals surface area (Å²) in [4.78, 5) is 11.2. The fraction of sp³-hybridized carbons (Fsp3) is 0.500. The zero-order chi connectivity index (χ0) is 19.1. The average molecular weight is 390 g/mol. The summed E-state index contributed by atoms with van der Waals surface area (Å²) in [6.45, 7) is 3.26. The number of methoxy groups -OCH3 is 2. The number of ether oxygens (including phenoxy) is 3. The first-order valence-electron chi connectivity index (χ1n) is 9.11. The lowest BCUT2D eigenvalue weighted by Crippen LogP contribution is -2.31. The van der Waals surface area contributed by atoms with E-state index in [0.29, 0.717) is 0 Å². The first kappa shape index (κ1) is 19.9. The van der Waals surface area contributed by atoms with Crippen molar-refractivity contribution in [1.29, 1.82) is 0 Å². The minimum Gasteiger partial charge on any atom is -0.497 e. The molecule has 0 bridgehead atoms. The van der Waals surface area contributed by atoms with E-state index in [1.807, 2.05) is 30.8 Å². The Balaban J connectivity index is 1.76. The van der Waals surface area contributed by atoms with Crippen LogP contribution in [0.1, 0.15) is 24.0 Å². The van der Waals surface area contributed by atoms with Gasteiger partial charge in [0.1, 0.15) is 11.5 Å². The quantitative estimate of drug-likeness (QED) is 0.481. The molecule has 27 heavy (non-hydrogen) atoms. The van der Waals surface area contributed by atoms with Crippen LogP contribution in [0.25, 0.3) is 0 Å². The smallest absolute Gasteiger partial charge is 0.187 e. The second-order valence-corrected chi connectivity index (χ2v) is 7.33. The van der Waals surface area contributed by atoms with Crippen molar-refractivity contribution in [3.05, 3.63) is 41.7 Å². The van der Waals surface area contributed by atoms with Crippen molar-refractivity contribution < 1.29 is 14.2 Å². The summed E-state index contributed by atoms with van der Waals surface area (Å²) in [5.41, 5.74) is 2.22. The molecule has 0 spiro atoms. The lowest BCUT2D eigenvalue weighted by Gasteiger charge is -2.26. The zero-order valence-electron chi connectivity index (χ0n) is 16.2. The van der Waals surface area contributed by atoms with Gasteiger partial charge in [-0.15, -0.1) is 0 Å². The van der Waals surface area contributed by atoms with Crippen LogP contribution < -0.4 is 9.47 Å². The van der Waals surface area contributed by atoms with Gasteiger partial charge in [0.25, 0.3) is 0 Å². The van der Waals surface area contributed by atoms with Gasteiger partial charge < -0.3 is 14.2 Å². The Bertz CT molecular complexity index is 721. The highest BCUT2D eigenvalue weighted by Gasteiger charge is 2.21. The normalized spacial score (nSPS) is 16.7. The minimum atomic E-state index is 0.278. The number of hydrogen-bond acceptors (Lipinski definition) is 7. The largest absolute Gasteiger partial charge is 0.497 e. The van der Waals surface area contributed by atoms with Crippen LogP contribution in [0.3, 0.4) is 0 Å². The molecule has 1 fully saturated rings. The Morgan fingerprint density at radius 3 is 2.63 bits per heavy atom. The van der Waals surface area contributed by atoms with Gasteiger partial charge in [-0.05, 0) is 25.2 Å². The highest BCUT2D eigenvalue weighted by molar-refractivity contribution is 7.98. The highest BCUT2D eigenvalue weighted by atomic mass is 32.2. The van der Waals surface area contributed by atoms with E-state index in [-0.39, 0.29) is 6.10 Å². The third-order valence-electron chi connectivity index (χ3n) is 4.64. The second kappa shape index (κ2) is 9.92. The van der Waals surface area contributed by atoms with E-state index in [1.54, 1.807) is 26.0 Å². The number of nitrogens with zero attached hydrogens (tertiary/aromatic N) is 3. The molecule has 1 unspecified atom stereocenters. The molecule has 2 heterocycles. The van der Waals surface area contributed by atoms with Gasteiger partial charge in [-0.2, -0.15) is 0 Å². The van der Waals surface area contributed by atoms with Gasteiger partial charge in [0.05, 0.1) is 20.3 Å². The minimum absolute atomic E-state index is 0.278. The van der Waals surface area contributed by atoms with Gasteiger partial charge in [-0.25, -0.2) is 9.97 Å². The maximum absolute atomic E-state index is 5.86. The third kappa shape index (κ3) is 5.57. The molecule has 1 atom stereocenters. The summed E-state index contributed by atoms with van der Waals surface area (Å²) in [5, 5.41) is 0.793. The molecule has 7 heteroatoms. The molecule has 1 saturated heterocycles. The molecule has 1 aliphatic rings. The summed E-state index contributed by atoms with van der Waals surface area (Å²) in [5.74, 6) is 1.63. The molecule has 6 nitrogen and oxygen atoms in total. The Hall–Kier alpha value is -1.83. The van der Waals surface area contributed by atoms with Crippen molar-refractivity contribution >= 4 is 11.8 Å². The predicted octanol–water partition coefficient (Wildman–Crippen LogP) is 3.40. The number of thioether (sulfide) groups is 1. The number of aromatic nitrogens is 2. The third-order valence-corrected chi connectivity index (χ3v) is 5.22. The summed E-state index contributed by atoms with van der Waals surface area (Å²) in [6.07, 6.45) is 8.32. The first-order valence-corrected chi connectivity index (χ1v) is 10.3. The van der Waals surface area contributed by atoms with Crippen molar-refractivity contribution in [2.45, 2.75) is 37.2 Å². The van der Waals surface area contributed by atoms with Gasteiger partial charge in [-0.3, -0.25) is 4.90 Å². The van der Waals surface area contributed by atoms with E-state index in [1.165, 1.54) is 0 Å². The monoisotopic (exact) mass is 389 g/mol. The Labute approximate surface area is 165 Å². The maximum Gasteiger partial charge on any atom is 0.187 e. The first-order chi connectivity index (χ1) is 13.2. The molecule has 146 valence electrons. The number of hydrogen-bond donors (Lipinski definition) is 0. The van der Waals surface area contributed by atoms with Gasteiger partial charge >= 0.3 is 0 Å². The van der Waals surface area contributed by atoms with E-state index >= 15 is 0 Å². The summed E-state index contributed by atoms with van der Waals surface area (Å²) < 4.78 is 16.7. The highest BCUT2D eigenvalue weighted by Crippen LogP contribution is 2.27. The Morgan fingerprint density at radius 1 is 1.19 bits per heavy atom. The second-order valence-electron chi connectivity index (χ2n) is 6.56. The van der Waals surface area contributed by atoms with Crippen LogP contribution in [-0.2, 0) is 17.8 Å². The Morgan fingerprint density at radius 2 is 2.00 bits per heavy atom. The van der Waals surface area contributed by atoms with Gasteiger partial charge in [0.2, 0.25) is 0 Å². The molecule has 0 aliphatic carbocycles.